The van der Waals surface area contributed by atoms with Crippen molar-refractivity contribution in [2.45, 2.75) is 20.0 Å². The van der Waals surface area contributed by atoms with E-state index in [4.69, 9.17) is 21.7 Å². The molecule has 0 spiro atoms. The Balaban J connectivity index is 1.74. The number of nitrogens with zero attached hydrogens (tertiary/aromatic N) is 1. The van der Waals surface area contributed by atoms with Crippen LogP contribution >= 0.6 is 39.9 Å². The maximum Gasteiger partial charge on any atom is 0.307 e. The third kappa shape index (κ3) is 6.34. The molecule has 0 N–H and O–H groups in total. The number of rotatable bonds is 9. The minimum atomic E-state index is -0.386. The molecule has 0 bridgehead atoms. The van der Waals surface area contributed by atoms with Gasteiger partial charge in [0.1, 0.15) is 10.9 Å². The number of ether oxygens (including phenoxy) is 3. The van der Waals surface area contributed by atoms with E-state index in [1.165, 1.54) is 23.8 Å². The van der Waals surface area contributed by atoms with Crippen molar-refractivity contribution >= 4 is 62.2 Å². The number of methoxy groups -OCH3 is 1. The van der Waals surface area contributed by atoms with Crippen LogP contribution in [0.15, 0.2) is 51.8 Å². The molecule has 0 radical (unpaired) electrons. The van der Waals surface area contributed by atoms with Gasteiger partial charge in [-0.15, -0.1) is 0 Å². The Labute approximate surface area is 205 Å². The molecule has 2 aromatic carbocycles. The van der Waals surface area contributed by atoms with Gasteiger partial charge in [-0.1, -0.05) is 58.1 Å². The van der Waals surface area contributed by atoms with E-state index >= 15 is 0 Å². The first kappa shape index (κ1) is 24.3. The van der Waals surface area contributed by atoms with Crippen LogP contribution in [0.25, 0.3) is 6.08 Å². The molecule has 2 aromatic rings. The molecule has 0 unspecified atom stereocenters. The van der Waals surface area contributed by atoms with Gasteiger partial charge in [0.2, 0.25) is 0 Å². The van der Waals surface area contributed by atoms with Crippen molar-refractivity contribution in [2.75, 3.05) is 20.3 Å². The summed E-state index contributed by atoms with van der Waals surface area (Å²) in [6, 6.07) is 13.4. The first-order valence-corrected chi connectivity index (χ1v) is 11.9. The molecule has 1 aliphatic rings. The lowest BCUT2D eigenvalue weighted by Gasteiger charge is -2.13. The molecule has 0 aromatic heterocycles. The second-order valence-corrected chi connectivity index (χ2v) is 9.31. The number of carbonyl (C=O) groups is 2. The fraction of sp³-hybridized carbons (Fsp3) is 0.261. The van der Waals surface area contributed by atoms with Gasteiger partial charge in [0.25, 0.3) is 5.91 Å². The Bertz CT molecular complexity index is 1060. The number of hydrogen-bond donors (Lipinski definition) is 0. The molecule has 0 aliphatic carbocycles. The lowest BCUT2D eigenvalue weighted by molar-refractivity contribution is -0.140. The predicted octanol–water partition coefficient (Wildman–Crippen LogP) is 5.19. The Hall–Kier alpha value is -2.36. The quantitative estimate of drug-likeness (QED) is 0.248. The van der Waals surface area contributed by atoms with Crippen molar-refractivity contribution in [3.63, 3.8) is 0 Å². The average Bonchev–Trinajstić information content (AvgIpc) is 3.04. The topological polar surface area (TPSA) is 65.1 Å². The van der Waals surface area contributed by atoms with E-state index in [9.17, 15) is 9.59 Å². The second kappa shape index (κ2) is 11.5. The van der Waals surface area contributed by atoms with Gasteiger partial charge in [-0.05, 0) is 48.4 Å². The molecule has 1 aliphatic heterocycles. The van der Waals surface area contributed by atoms with Crippen molar-refractivity contribution < 1.29 is 23.8 Å². The van der Waals surface area contributed by atoms with Crippen molar-refractivity contribution in [3.8, 4) is 11.5 Å². The highest BCUT2D eigenvalue weighted by Gasteiger charge is 2.32. The van der Waals surface area contributed by atoms with E-state index < -0.39 is 0 Å². The zero-order chi connectivity index (χ0) is 23.1. The molecular formula is C23H22BrNO5S2. The van der Waals surface area contributed by atoms with E-state index in [2.05, 4.69) is 20.7 Å². The monoisotopic (exact) mass is 535 g/mol. The number of thioether (sulfide) groups is 1. The predicted molar refractivity (Wildman–Crippen MR) is 133 cm³/mol. The zero-order valence-corrected chi connectivity index (χ0v) is 20.8. The molecule has 0 atom stereocenters. The van der Waals surface area contributed by atoms with Crippen LogP contribution in [0, 0.1) is 0 Å². The fourth-order valence-corrected chi connectivity index (χ4v) is 4.69. The van der Waals surface area contributed by atoms with Crippen LogP contribution in [0.2, 0.25) is 0 Å². The van der Waals surface area contributed by atoms with E-state index in [0.29, 0.717) is 33.9 Å². The third-order valence-electron chi connectivity index (χ3n) is 4.49. The van der Waals surface area contributed by atoms with Crippen LogP contribution in [0.5, 0.6) is 11.5 Å². The molecule has 6 nitrogen and oxygen atoms in total. The molecule has 1 fully saturated rings. The summed E-state index contributed by atoms with van der Waals surface area (Å²) in [6.45, 7) is 2.97. The van der Waals surface area contributed by atoms with Crippen LogP contribution in [0.1, 0.15) is 24.5 Å². The SMILES string of the molecule is CCOc1cc(/C=C2/SC(=S)N(CCC(=O)OC)C2=O)ccc1OCc1cccc(Br)c1. The average molecular weight is 536 g/mol. The molecule has 32 heavy (non-hydrogen) atoms. The van der Waals surface area contributed by atoms with Gasteiger partial charge in [0, 0.05) is 11.0 Å². The summed E-state index contributed by atoms with van der Waals surface area (Å²) in [5.41, 5.74) is 1.82. The first-order valence-electron chi connectivity index (χ1n) is 9.87. The number of esters is 1. The highest BCUT2D eigenvalue weighted by Crippen LogP contribution is 2.35. The Kier molecular flexibility index (Phi) is 8.72. The van der Waals surface area contributed by atoms with E-state index in [1.807, 2.05) is 49.4 Å². The van der Waals surface area contributed by atoms with Gasteiger partial charge in [-0.25, -0.2) is 0 Å². The Morgan fingerprint density at radius 3 is 2.72 bits per heavy atom. The second-order valence-electron chi connectivity index (χ2n) is 6.72. The summed E-state index contributed by atoms with van der Waals surface area (Å²) in [5, 5.41) is 0. The van der Waals surface area contributed by atoms with E-state index in [0.717, 1.165) is 15.6 Å². The summed E-state index contributed by atoms with van der Waals surface area (Å²) < 4.78 is 17.8. The number of hydrogen-bond acceptors (Lipinski definition) is 7. The Morgan fingerprint density at radius 1 is 1.19 bits per heavy atom. The highest BCUT2D eigenvalue weighted by molar-refractivity contribution is 9.10. The normalized spacial score (nSPS) is 14.7. The molecule has 3 rings (SSSR count). The summed E-state index contributed by atoms with van der Waals surface area (Å²) in [6.07, 6.45) is 1.85. The van der Waals surface area contributed by atoms with Crippen LogP contribution in [-0.4, -0.2) is 41.4 Å². The molecular weight excluding hydrogens is 514 g/mol. The molecule has 1 heterocycles. The third-order valence-corrected chi connectivity index (χ3v) is 6.36. The number of carbonyl (C=O) groups excluding carboxylic acids is 2. The zero-order valence-electron chi connectivity index (χ0n) is 17.6. The van der Waals surface area contributed by atoms with Gasteiger partial charge in [-0.2, -0.15) is 0 Å². The number of amides is 1. The van der Waals surface area contributed by atoms with Crippen molar-refractivity contribution in [1.82, 2.24) is 4.90 Å². The molecule has 9 heteroatoms. The lowest BCUT2D eigenvalue weighted by Crippen LogP contribution is -2.30. The highest BCUT2D eigenvalue weighted by atomic mass is 79.9. The van der Waals surface area contributed by atoms with Crippen molar-refractivity contribution in [3.05, 3.63) is 63.0 Å². The maximum absolute atomic E-state index is 12.7. The van der Waals surface area contributed by atoms with Gasteiger partial charge in [0.05, 0.1) is 25.0 Å². The minimum absolute atomic E-state index is 0.0920. The van der Waals surface area contributed by atoms with Gasteiger partial charge in [0.15, 0.2) is 11.5 Å². The fourth-order valence-electron chi connectivity index (χ4n) is 2.94. The molecule has 0 saturated carbocycles. The lowest BCUT2D eigenvalue weighted by atomic mass is 10.1. The number of thiocarbonyl (C=S) groups is 1. The summed E-state index contributed by atoms with van der Waals surface area (Å²) in [5.74, 6) is 0.603. The minimum Gasteiger partial charge on any atom is -0.490 e. The van der Waals surface area contributed by atoms with E-state index in [1.54, 1.807) is 6.08 Å². The van der Waals surface area contributed by atoms with E-state index in [-0.39, 0.29) is 24.8 Å². The van der Waals surface area contributed by atoms with Crippen LogP contribution in [0.4, 0.5) is 0 Å². The van der Waals surface area contributed by atoms with Crippen molar-refractivity contribution in [1.29, 1.82) is 0 Å². The van der Waals surface area contributed by atoms with Gasteiger partial charge >= 0.3 is 5.97 Å². The number of benzene rings is 2. The summed E-state index contributed by atoms with van der Waals surface area (Å²) >= 11 is 9.97. The Morgan fingerprint density at radius 2 is 2.00 bits per heavy atom. The largest absolute Gasteiger partial charge is 0.490 e. The molecule has 168 valence electrons. The smallest absolute Gasteiger partial charge is 0.307 e. The van der Waals surface area contributed by atoms with Gasteiger partial charge < -0.3 is 14.2 Å². The standard InChI is InChI=1S/C23H22BrNO5S2/c1-3-29-19-12-15(7-8-18(19)30-14-16-5-4-6-17(24)11-16)13-20-22(27)25(23(31)32-20)10-9-21(26)28-2/h4-8,11-13H,3,9-10,14H2,1-2H3/b20-13+. The summed E-state index contributed by atoms with van der Waals surface area (Å²) in [7, 11) is 1.31. The maximum atomic E-state index is 12.7. The summed E-state index contributed by atoms with van der Waals surface area (Å²) in [4.78, 5) is 26.0. The van der Waals surface area contributed by atoms with Gasteiger partial charge in [-0.3, -0.25) is 14.5 Å². The van der Waals surface area contributed by atoms with Crippen LogP contribution in [0.3, 0.4) is 0 Å². The van der Waals surface area contributed by atoms with Crippen LogP contribution in [-0.2, 0) is 20.9 Å². The molecule has 1 saturated heterocycles. The first-order chi connectivity index (χ1) is 15.4. The van der Waals surface area contributed by atoms with Crippen LogP contribution < -0.4 is 9.47 Å². The molecule has 1 amide bonds. The van der Waals surface area contributed by atoms with Crippen molar-refractivity contribution in [2.24, 2.45) is 0 Å². The number of halogens is 1.